The minimum atomic E-state index is -0.327. The Bertz CT molecular complexity index is 1330. The van der Waals surface area contributed by atoms with Gasteiger partial charge in [-0.15, -0.1) is 11.3 Å². The van der Waals surface area contributed by atoms with Crippen LogP contribution in [0.4, 0.5) is 4.39 Å². The molecule has 0 spiro atoms. The summed E-state index contributed by atoms with van der Waals surface area (Å²) in [5.41, 5.74) is 1.75. The van der Waals surface area contributed by atoms with Crippen LogP contribution < -0.4 is 15.7 Å². The number of aromatic nitrogens is 3. The first-order valence-electron chi connectivity index (χ1n) is 9.65. The number of rotatable bonds is 7. The normalized spacial score (nSPS) is 11.4. The molecule has 4 aromatic rings. The average Bonchev–Trinajstić information content (AvgIpc) is 3.16. The summed E-state index contributed by atoms with van der Waals surface area (Å²) in [4.78, 5) is 35.9. The van der Waals surface area contributed by atoms with Crippen molar-refractivity contribution < 1.29 is 9.13 Å². The van der Waals surface area contributed by atoms with Crippen molar-refractivity contribution in [1.29, 1.82) is 0 Å². The maximum atomic E-state index is 13.2. The number of aromatic amines is 2. The Labute approximate surface area is 185 Å². The number of hydrogen-bond acceptors (Lipinski definition) is 6. The number of ether oxygens (including phenoxy) is 1. The van der Waals surface area contributed by atoms with Crippen LogP contribution >= 0.6 is 23.1 Å². The molecule has 31 heavy (non-hydrogen) atoms. The van der Waals surface area contributed by atoms with Crippen molar-refractivity contribution in [3.8, 4) is 16.9 Å². The summed E-state index contributed by atoms with van der Waals surface area (Å²) in [6, 6.07) is 7.51. The molecule has 0 bridgehead atoms. The quantitative estimate of drug-likeness (QED) is 0.307. The van der Waals surface area contributed by atoms with Gasteiger partial charge in [0.1, 0.15) is 10.6 Å². The van der Waals surface area contributed by atoms with E-state index >= 15 is 0 Å². The van der Waals surface area contributed by atoms with E-state index < -0.39 is 0 Å². The first kappa shape index (κ1) is 21.3. The average molecular weight is 458 g/mol. The lowest BCUT2D eigenvalue weighted by Gasteiger charge is -2.08. The fraction of sp³-hybridized carbons (Fsp3) is 0.227. The molecule has 2 N–H and O–H groups in total. The maximum Gasteiger partial charge on any atom is 0.260 e. The van der Waals surface area contributed by atoms with Crippen molar-refractivity contribution in [2.24, 2.45) is 5.92 Å². The topological polar surface area (TPSA) is 87.8 Å². The number of pyridine rings is 1. The van der Waals surface area contributed by atoms with E-state index in [-0.39, 0.29) is 16.8 Å². The number of H-pyrrole nitrogens is 2. The first-order valence-corrected chi connectivity index (χ1v) is 11.5. The van der Waals surface area contributed by atoms with Gasteiger partial charge in [0.2, 0.25) is 5.43 Å². The molecule has 0 aliphatic carbocycles. The Morgan fingerprint density at radius 1 is 1.23 bits per heavy atom. The minimum absolute atomic E-state index is 0.186. The van der Waals surface area contributed by atoms with E-state index in [1.54, 1.807) is 18.3 Å². The molecule has 0 amide bonds. The van der Waals surface area contributed by atoms with Crippen molar-refractivity contribution in [2.45, 2.75) is 24.8 Å². The number of nitrogens with zero attached hydrogens (tertiary/aromatic N) is 1. The van der Waals surface area contributed by atoms with Gasteiger partial charge in [0.25, 0.3) is 5.56 Å². The van der Waals surface area contributed by atoms with E-state index in [0.29, 0.717) is 45.1 Å². The van der Waals surface area contributed by atoms with Gasteiger partial charge in [-0.3, -0.25) is 9.59 Å². The molecule has 0 aliphatic heterocycles. The molecular formula is C22H20FN3O3S2. The summed E-state index contributed by atoms with van der Waals surface area (Å²) in [6.07, 6.45) is 1.56. The first-order chi connectivity index (χ1) is 14.9. The van der Waals surface area contributed by atoms with Crippen molar-refractivity contribution in [3.63, 3.8) is 0 Å². The van der Waals surface area contributed by atoms with Crippen LogP contribution in [-0.4, -0.2) is 21.6 Å². The van der Waals surface area contributed by atoms with Gasteiger partial charge in [0.15, 0.2) is 10.9 Å². The van der Waals surface area contributed by atoms with Gasteiger partial charge >= 0.3 is 0 Å². The van der Waals surface area contributed by atoms with Crippen LogP contribution in [-0.2, 0) is 5.75 Å². The highest BCUT2D eigenvalue weighted by molar-refractivity contribution is 7.98. The lowest BCUT2D eigenvalue weighted by atomic mass is 10.1. The zero-order valence-corrected chi connectivity index (χ0v) is 18.5. The monoisotopic (exact) mass is 457 g/mol. The predicted octanol–water partition coefficient (Wildman–Crippen LogP) is 4.81. The van der Waals surface area contributed by atoms with Crippen LogP contribution in [0.3, 0.4) is 0 Å². The van der Waals surface area contributed by atoms with Crippen LogP contribution in [0.2, 0.25) is 0 Å². The Morgan fingerprint density at radius 3 is 2.71 bits per heavy atom. The van der Waals surface area contributed by atoms with Crippen LogP contribution in [0.25, 0.3) is 21.3 Å². The van der Waals surface area contributed by atoms with Crippen LogP contribution in [0.1, 0.15) is 19.5 Å². The number of fused-ring (bicyclic) bond motifs is 1. The van der Waals surface area contributed by atoms with Crippen LogP contribution in [0.5, 0.6) is 5.75 Å². The second-order valence-electron chi connectivity index (χ2n) is 7.39. The zero-order chi connectivity index (χ0) is 22.0. The molecular weight excluding hydrogens is 437 g/mol. The van der Waals surface area contributed by atoms with Gasteiger partial charge in [-0.25, -0.2) is 9.37 Å². The molecule has 0 unspecified atom stereocenters. The number of thiophene rings is 1. The maximum absolute atomic E-state index is 13.2. The van der Waals surface area contributed by atoms with E-state index in [2.05, 4.69) is 15.0 Å². The molecule has 0 saturated heterocycles. The van der Waals surface area contributed by atoms with Gasteiger partial charge in [0, 0.05) is 34.7 Å². The highest BCUT2D eigenvalue weighted by atomic mass is 32.2. The molecule has 9 heteroatoms. The molecule has 160 valence electrons. The lowest BCUT2D eigenvalue weighted by molar-refractivity contribution is 0.268. The van der Waals surface area contributed by atoms with E-state index in [0.717, 1.165) is 11.1 Å². The van der Waals surface area contributed by atoms with Gasteiger partial charge < -0.3 is 14.7 Å². The summed E-state index contributed by atoms with van der Waals surface area (Å²) in [7, 11) is 0. The summed E-state index contributed by atoms with van der Waals surface area (Å²) in [5, 5.41) is 2.80. The molecule has 1 aromatic carbocycles. The van der Waals surface area contributed by atoms with Crippen LogP contribution in [0, 0.1) is 11.7 Å². The van der Waals surface area contributed by atoms with Crippen LogP contribution in [0.15, 0.2) is 56.7 Å². The van der Waals surface area contributed by atoms with Crippen molar-refractivity contribution in [1.82, 2.24) is 15.0 Å². The second kappa shape index (κ2) is 9.07. The largest absolute Gasteiger partial charge is 0.488 e. The molecule has 3 aromatic heterocycles. The number of benzene rings is 1. The molecule has 0 fully saturated rings. The van der Waals surface area contributed by atoms with Crippen molar-refractivity contribution >= 4 is 33.3 Å². The fourth-order valence-electron chi connectivity index (χ4n) is 2.94. The fourth-order valence-corrected chi connectivity index (χ4v) is 4.72. The van der Waals surface area contributed by atoms with Crippen molar-refractivity contribution in [3.05, 3.63) is 74.0 Å². The summed E-state index contributed by atoms with van der Waals surface area (Å²) in [6.45, 7) is 4.50. The molecule has 3 heterocycles. The van der Waals surface area contributed by atoms with E-state index in [4.69, 9.17) is 4.74 Å². The van der Waals surface area contributed by atoms with Gasteiger partial charge in [-0.1, -0.05) is 37.7 Å². The van der Waals surface area contributed by atoms with Gasteiger partial charge in [-0.05, 0) is 23.6 Å². The zero-order valence-electron chi connectivity index (χ0n) is 16.9. The van der Waals surface area contributed by atoms with E-state index in [9.17, 15) is 14.0 Å². The standard InChI is InChI=1S/C22H20FN3O3S2/c1-12(2)9-29-18-8-24-15(7-17(18)27)10-31-22-25-20(28)19-16(11-30-21(19)26-22)13-3-5-14(23)6-4-13/h3-8,11-12H,9-10H2,1-2H3,(H,24,27)(H,25,26,28). The predicted molar refractivity (Wildman–Crippen MR) is 123 cm³/mol. The molecule has 0 aliphatic rings. The van der Waals surface area contributed by atoms with Gasteiger partial charge in [-0.2, -0.15) is 0 Å². The third kappa shape index (κ3) is 4.88. The van der Waals surface area contributed by atoms with E-state index in [1.807, 2.05) is 19.2 Å². The Kier molecular flexibility index (Phi) is 6.24. The number of thioether (sulfide) groups is 1. The lowest BCUT2D eigenvalue weighted by Crippen LogP contribution is -2.13. The summed E-state index contributed by atoms with van der Waals surface area (Å²) < 4.78 is 18.7. The number of hydrogen-bond donors (Lipinski definition) is 2. The second-order valence-corrected chi connectivity index (χ2v) is 9.21. The smallest absolute Gasteiger partial charge is 0.260 e. The molecule has 0 saturated carbocycles. The minimum Gasteiger partial charge on any atom is -0.488 e. The number of halogens is 1. The molecule has 0 radical (unpaired) electrons. The third-order valence-corrected chi connectivity index (χ3v) is 6.25. The summed E-state index contributed by atoms with van der Waals surface area (Å²) >= 11 is 2.68. The third-order valence-electron chi connectivity index (χ3n) is 4.45. The molecule has 4 rings (SSSR count). The highest BCUT2D eigenvalue weighted by Crippen LogP contribution is 2.31. The highest BCUT2D eigenvalue weighted by Gasteiger charge is 2.14. The molecule has 6 nitrogen and oxygen atoms in total. The Hall–Kier alpha value is -2.91. The van der Waals surface area contributed by atoms with Crippen molar-refractivity contribution in [2.75, 3.05) is 6.61 Å². The Morgan fingerprint density at radius 2 is 2.00 bits per heavy atom. The number of nitrogens with one attached hydrogen (secondary N) is 2. The molecule has 0 atom stereocenters. The SMILES string of the molecule is CC(C)COc1c[nH]c(CSc2nc3scc(-c4ccc(F)cc4)c3c(=O)[nH]2)cc1=O. The van der Waals surface area contributed by atoms with E-state index in [1.165, 1.54) is 41.3 Å². The summed E-state index contributed by atoms with van der Waals surface area (Å²) in [5.74, 6) is 0.729. The van der Waals surface area contributed by atoms with Gasteiger partial charge in [0.05, 0.1) is 12.0 Å². The Balaban J connectivity index is 1.52.